The first kappa shape index (κ1) is 14.2. The molecule has 0 aliphatic rings. The molecular weight excluding hydrogens is 352 g/mol. The van der Waals surface area contributed by atoms with Crippen LogP contribution in [0, 0.1) is 13.8 Å². The van der Waals surface area contributed by atoms with Crippen molar-refractivity contribution in [1.29, 1.82) is 0 Å². The zero-order valence-corrected chi connectivity index (χ0v) is 14.2. The van der Waals surface area contributed by atoms with Crippen LogP contribution in [0.15, 0.2) is 22.7 Å². The topological polar surface area (TPSA) is 59.8 Å². The maximum Gasteiger partial charge on any atom is 0.276 e. The first-order valence-electron chi connectivity index (χ1n) is 6.33. The molecule has 1 aromatic carbocycles. The SMILES string of the molecule is Cc1ccc2nc(NC(=O)c3c(Br)c(C)nn3C)sc2c1. The predicted octanol–water partition coefficient (Wildman–Crippen LogP) is 3.66. The van der Waals surface area contributed by atoms with Gasteiger partial charge in [-0.15, -0.1) is 0 Å². The zero-order chi connectivity index (χ0) is 15.1. The average Bonchev–Trinajstić information content (AvgIpc) is 2.90. The summed E-state index contributed by atoms with van der Waals surface area (Å²) in [7, 11) is 1.74. The molecule has 0 aliphatic carbocycles. The number of thiazole rings is 1. The summed E-state index contributed by atoms with van der Waals surface area (Å²) in [6.45, 7) is 3.88. The molecule has 0 radical (unpaired) electrons. The Bertz CT molecular complexity index is 852. The number of hydrogen-bond donors (Lipinski definition) is 1. The molecule has 0 spiro atoms. The number of carbonyl (C=O) groups excluding carboxylic acids is 1. The van der Waals surface area contributed by atoms with E-state index in [2.05, 4.69) is 37.4 Å². The van der Waals surface area contributed by atoms with E-state index in [0.29, 0.717) is 15.3 Å². The minimum atomic E-state index is -0.222. The summed E-state index contributed by atoms with van der Waals surface area (Å²) in [5, 5.41) is 7.65. The van der Waals surface area contributed by atoms with Crippen molar-refractivity contribution in [2.75, 3.05) is 5.32 Å². The first-order valence-corrected chi connectivity index (χ1v) is 7.94. The van der Waals surface area contributed by atoms with E-state index in [-0.39, 0.29) is 5.91 Å². The predicted molar refractivity (Wildman–Crippen MR) is 88.0 cm³/mol. The van der Waals surface area contributed by atoms with Gasteiger partial charge >= 0.3 is 0 Å². The van der Waals surface area contributed by atoms with Gasteiger partial charge in [-0.05, 0) is 47.5 Å². The van der Waals surface area contributed by atoms with E-state index in [1.807, 2.05) is 26.0 Å². The summed E-state index contributed by atoms with van der Waals surface area (Å²) in [5.74, 6) is -0.222. The van der Waals surface area contributed by atoms with E-state index in [9.17, 15) is 4.79 Å². The van der Waals surface area contributed by atoms with Crippen LogP contribution in [0.4, 0.5) is 5.13 Å². The molecule has 0 saturated carbocycles. The molecule has 1 N–H and O–H groups in total. The monoisotopic (exact) mass is 364 g/mol. The number of anilines is 1. The minimum absolute atomic E-state index is 0.222. The minimum Gasteiger partial charge on any atom is -0.296 e. The van der Waals surface area contributed by atoms with Crippen molar-refractivity contribution in [1.82, 2.24) is 14.8 Å². The molecule has 7 heteroatoms. The van der Waals surface area contributed by atoms with Gasteiger partial charge in [0.05, 0.1) is 20.4 Å². The lowest BCUT2D eigenvalue weighted by molar-refractivity contribution is 0.101. The number of fused-ring (bicyclic) bond motifs is 1. The fourth-order valence-corrected chi connectivity index (χ4v) is 3.60. The van der Waals surface area contributed by atoms with Gasteiger partial charge in [0.15, 0.2) is 5.13 Å². The van der Waals surface area contributed by atoms with E-state index in [0.717, 1.165) is 15.9 Å². The van der Waals surface area contributed by atoms with Crippen molar-refractivity contribution in [2.24, 2.45) is 7.05 Å². The largest absolute Gasteiger partial charge is 0.296 e. The lowest BCUT2D eigenvalue weighted by Crippen LogP contribution is -2.16. The summed E-state index contributed by atoms with van der Waals surface area (Å²) in [4.78, 5) is 16.8. The Hall–Kier alpha value is -1.73. The average molecular weight is 365 g/mol. The van der Waals surface area contributed by atoms with Crippen molar-refractivity contribution in [3.8, 4) is 0 Å². The van der Waals surface area contributed by atoms with Crippen LogP contribution >= 0.6 is 27.3 Å². The number of aromatic nitrogens is 3. The molecule has 21 heavy (non-hydrogen) atoms. The maximum absolute atomic E-state index is 12.4. The van der Waals surface area contributed by atoms with Crippen molar-refractivity contribution in [2.45, 2.75) is 13.8 Å². The number of hydrogen-bond acceptors (Lipinski definition) is 4. The fourth-order valence-electron chi connectivity index (χ4n) is 2.12. The number of amides is 1. The van der Waals surface area contributed by atoms with Gasteiger partial charge in [-0.2, -0.15) is 5.10 Å². The van der Waals surface area contributed by atoms with Crippen LogP contribution in [-0.4, -0.2) is 20.7 Å². The number of rotatable bonds is 2. The fraction of sp³-hybridized carbons (Fsp3) is 0.214. The third-order valence-corrected chi connectivity index (χ3v) is 5.01. The Balaban J connectivity index is 1.92. The second-order valence-corrected chi connectivity index (χ2v) is 6.64. The van der Waals surface area contributed by atoms with Crippen molar-refractivity contribution >= 4 is 48.5 Å². The third kappa shape index (κ3) is 2.58. The zero-order valence-electron chi connectivity index (χ0n) is 11.8. The number of nitrogens with one attached hydrogen (secondary N) is 1. The highest BCUT2D eigenvalue weighted by Gasteiger charge is 2.19. The van der Waals surface area contributed by atoms with Crippen LogP contribution in [-0.2, 0) is 7.05 Å². The highest BCUT2D eigenvalue weighted by Crippen LogP contribution is 2.28. The van der Waals surface area contributed by atoms with Gasteiger partial charge in [-0.25, -0.2) is 4.98 Å². The van der Waals surface area contributed by atoms with Crippen molar-refractivity contribution in [3.63, 3.8) is 0 Å². The Labute approximate surface area is 134 Å². The number of halogens is 1. The van der Waals surface area contributed by atoms with E-state index in [1.54, 1.807) is 11.7 Å². The molecule has 0 bridgehead atoms. The molecule has 0 saturated heterocycles. The summed E-state index contributed by atoms with van der Waals surface area (Å²) in [6.07, 6.45) is 0. The number of carbonyl (C=O) groups is 1. The molecule has 3 rings (SSSR count). The molecule has 0 unspecified atom stereocenters. The van der Waals surface area contributed by atoms with Crippen molar-refractivity contribution < 1.29 is 4.79 Å². The summed E-state index contributed by atoms with van der Waals surface area (Å²) < 4.78 is 3.33. The highest BCUT2D eigenvalue weighted by molar-refractivity contribution is 9.10. The van der Waals surface area contributed by atoms with Gasteiger partial charge in [-0.1, -0.05) is 17.4 Å². The van der Waals surface area contributed by atoms with Crippen LogP contribution < -0.4 is 5.32 Å². The third-order valence-electron chi connectivity index (χ3n) is 3.13. The smallest absolute Gasteiger partial charge is 0.276 e. The number of aryl methyl sites for hydroxylation is 3. The molecule has 3 aromatic rings. The maximum atomic E-state index is 12.4. The molecule has 108 valence electrons. The molecule has 5 nitrogen and oxygen atoms in total. The van der Waals surface area contributed by atoms with Crippen LogP contribution in [0.3, 0.4) is 0 Å². The van der Waals surface area contributed by atoms with Crippen LogP contribution in [0.5, 0.6) is 0 Å². The molecule has 2 heterocycles. The first-order chi connectivity index (χ1) is 9.95. The molecule has 0 aliphatic heterocycles. The Kier molecular flexibility index (Phi) is 3.54. The molecule has 2 aromatic heterocycles. The van der Waals surface area contributed by atoms with E-state index < -0.39 is 0 Å². The van der Waals surface area contributed by atoms with E-state index >= 15 is 0 Å². The molecule has 0 atom stereocenters. The van der Waals surface area contributed by atoms with Crippen LogP contribution in [0.25, 0.3) is 10.2 Å². The molecule has 0 fully saturated rings. The van der Waals surface area contributed by atoms with Gasteiger partial charge < -0.3 is 0 Å². The Morgan fingerprint density at radius 3 is 2.81 bits per heavy atom. The summed E-state index contributed by atoms with van der Waals surface area (Å²) in [6, 6.07) is 6.03. The number of nitrogens with zero attached hydrogens (tertiary/aromatic N) is 3. The summed E-state index contributed by atoms with van der Waals surface area (Å²) in [5.41, 5.74) is 3.33. The van der Waals surface area contributed by atoms with Gasteiger partial charge in [0.2, 0.25) is 0 Å². The van der Waals surface area contributed by atoms with Crippen LogP contribution in [0.2, 0.25) is 0 Å². The van der Waals surface area contributed by atoms with Gasteiger partial charge in [-0.3, -0.25) is 14.8 Å². The van der Waals surface area contributed by atoms with Crippen molar-refractivity contribution in [3.05, 3.63) is 39.6 Å². The van der Waals surface area contributed by atoms with Crippen LogP contribution in [0.1, 0.15) is 21.7 Å². The van der Waals surface area contributed by atoms with E-state index in [4.69, 9.17) is 0 Å². The Morgan fingerprint density at radius 1 is 1.38 bits per heavy atom. The quantitative estimate of drug-likeness (QED) is 0.754. The standard InChI is InChI=1S/C14H13BrN4OS/c1-7-4-5-9-10(6-7)21-14(16-9)17-13(20)12-11(15)8(2)18-19(12)3/h4-6H,1-3H3,(H,16,17,20). The lowest BCUT2D eigenvalue weighted by atomic mass is 10.2. The molecule has 1 amide bonds. The van der Waals surface area contributed by atoms with E-state index in [1.165, 1.54) is 16.9 Å². The van der Waals surface area contributed by atoms with Gasteiger partial charge in [0.25, 0.3) is 5.91 Å². The second kappa shape index (κ2) is 5.23. The second-order valence-electron chi connectivity index (χ2n) is 4.82. The highest BCUT2D eigenvalue weighted by atomic mass is 79.9. The van der Waals surface area contributed by atoms with Gasteiger partial charge in [0, 0.05) is 7.05 Å². The lowest BCUT2D eigenvalue weighted by Gasteiger charge is -2.02. The number of benzene rings is 1. The Morgan fingerprint density at radius 2 is 2.14 bits per heavy atom. The molecular formula is C14H13BrN4OS. The summed E-state index contributed by atoms with van der Waals surface area (Å²) >= 11 is 4.86. The normalized spacial score (nSPS) is 11.0. The van der Waals surface area contributed by atoms with Gasteiger partial charge in [0.1, 0.15) is 5.69 Å².